The maximum absolute atomic E-state index is 10.8. The fraction of sp³-hybridized carbons (Fsp3) is 0.125. The minimum atomic E-state index is -1.37. The zero-order chi connectivity index (χ0) is 9.84. The van der Waals surface area contributed by atoms with E-state index in [0.717, 1.165) is 0 Å². The number of hydrogen-bond donors (Lipinski definition) is 3. The summed E-state index contributed by atoms with van der Waals surface area (Å²) in [6.45, 7) is 0. The Kier molecular flexibility index (Phi) is 3.25. The number of hydroxylamine groups is 1. The summed E-state index contributed by atoms with van der Waals surface area (Å²) in [5, 5.41) is 18.0. The number of carbonyl (C=O) groups is 1. The van der Waals surface area contributed by atoms with Gasteiger partial charge in [0.1, 0.15) is 0 Å². The highest BCUT2D eigenvalue weighted by Gasteiger charge is 2.15. The molecule has 0 fully saturated rings. The molecule has 5 heteroatoms. The second kappa shape index (κ2) is 4.23. The minimum Gasteiger partial charge on any atom is -0.378 e. The molecule has 0 saturated heterocycles. The molecule has 1 amide bonds. The number of hydrogen-bond acceptors (Lipinski definition) is 3. The first-order chi connectivity index (χ1) is 6.15. The third kappa shape index (κ3) is 2.42. The molecule has 1 unspecified atom stereocenters. The molecule has 0 aliphatic carbocycles. The molecule has 1 aromatic carbocycles. The SMILES string of the molecule is O=C(NO)C(O)c1ccc(Cl)cc1. The summed E-state index contributed by atoms with van der Waals surface area (Å²) in [5.41, 5.74) is 1.73. The van der Waals surface area contributed by atoms with Crippen molar-refractivity contribution < 1.29 is 15.1 Å². The largest absolute Gasteiger partial charge is 0.378 e. The minimum absolute atomic E-state index is 0.371. The lowest BCUT2D eigenvalue weighted by Gasteiger charge is -2.07. The Morgan fingerprint density at radius 2 is 1.92 bits per heavy atom. The lowest BCUT2D eigenvalue weighted by atomic mass is 10.1. The van der Waals surface area contributed by atoms with Crippen LogP contribution in [0.15, 0.2) is 24.3 Å². The van der Waals surface area contributed by atoms with Crippen molar-refractivity contribution in [2.24, 2.45) is 0 Å². The summed E-state index contributed by atoms with van der Waals surface area (Å²) in [7, 11) is 0. The fourth-order valence-electron chi connectivity index (χ4n) is 0.858. The molecule has 4 nitrogen and oxygen atoms in total. The number of nitrogens with one attached hydrogen (secondary N) is 1. The van der Waals surface area contributed by atoms with Gasteiger partial charge in [-0.1, -0.05) is 23.7 Å². The maximum Gasteiger partial charge on any atom is 0.276 e. The van der Waals surface area contributed by atoms with Gasteiger partial charge in [-0.15, -0.1) is 0 Å². The molecule has 0 radical (unpaired) electrons. The number of halogens is 1. The van der Waals surface area contributed by atoms with Crippen molar-refractivity contribution in [1.29, 1.82) is 0 Å². The highest BCUT2D eigenvalue weighted by molar-refractivity contribution is 6.30. The molecule has 0 heterocycles. The Bertz CT molecular complexity index is 299. The molecule has 0 bridgehead atoms. The van der Waals surface area contributed by atoms with Crippen molar-refractivity contribution in [1.82, 2.24) is 5.48 Å². The first-order valence-electron chi connectivity index (χ1n) is 3.52. The van der Waals surface area contributed by atoms with Crippen LogP contribution in [0.2, 0.25) is 5.02 Å². The van der Waals surface area contributed by atoms with Crippen LogP contribution in [0.3, 0.4) is 0 Å². The van der Waals surface area contributed by atoms with Crippen LogP contribution < -0.4 is 5.48 Å². The van der Waals surface area contributed by atoms with Crippen LogP contribution in [0.4, 0.5) is 0 Å². The number of amides is 1. The van der Waals surface area contributed by atoms with Gasteiger partial charge in [0.25, 0.3) is 5.91 Å². The van der Waals surface area contributed by atoms with Crippen molar-refractivity contribution in [3.63, 3.8) is 0 Å². The van der Waals surface area contributed by atoms with Crippen LogP contribution in [0.1, 0.15) is 11.7 Å². The standard InChI is InChI=1S/C8H8ClNO3/c9-6-3-1-5(2-4-6)7(11)8(12)10-13/h1-4,7,11,13H,(H,10,12). The average Bonchev–Trinajstić information content (AvgIpc) is 2.17. The number of aliphatic hydroxyl groups is 1. The van der Waals surface area contributed by atoms with Crippen molar-refractivity contribution in [2.75, 3.05) is 0 Å². The number of aliphatic hydroxyl groups excluding tert-OH is 1. The molecule has 13 heavy (non-hydrogen) atoms. The van der Waals surface area contributed by atoms with Crippen molar-refractivity contribution in [2.45, 2.75) is 6.10 Å². The van der Waals surface area contributed by atoms with Gasteiger partial charge >= 0.3 is 0 Å². The summed E-state index contributed by atoms with van der Waals surface area (Å²) < 4.78 is 0. The van der Waals surface area contributed by atoms with Gasteiger partial charge < -0.3 is 5.11 Å². The Hall–Kier alpha value is -1.10. The first-order valence-corrected chi connectivity index (χ1v) is 3.90. The van der Waals surface area contributed by atoms with Crippen LogP contribution >= 0.6 is 11.6 Å². The van der Waals surface area contributed by atoms with Crippen LogP contribution in [-0.4, -0.2) is 16.2 Å². The zero-order valence-electron chi connectivity index (χ0n) is 6.57. The number of carbonyl (C=O) groups excluding carboxylic acids is 1. The Morgan fingerprint density at radius 3 is 2.38 bits per heavy atom. The van der Waals surface area contributed by atoms with Crippen LogP contribution in [0.25, 0.3) is 0 Å². The predicted molar refractivity (Wildman–Crippen MR) is 46.3 cm³/mol. The van der Waals surface area contributed by atoms with Gasteiger partial charge in [-0.3, -0.25) is 10.0 Å². The zero-order valence-corrected chi connectivity index (χ0v) is 7.32. The van der Waals surface area contributed by atoms with Gasteiger partial charge in [-0.2, -0.15) is 0 Å². The second-order valence-electron chi connectivity index (χ2n) is 2.43. The van der Waals surface area contributed by atoms with Gasteiger partial charge in [0, 0.05) is 5.02 Å². The van der Waals surface area contributed by atoms with E-state index in [1.54, 1.807) is 12.1 Å². The summed E-state index contributed by atoms with van der Waals surface area (Å²) >= 11 is 5.60. The Balaban J connectivity index is 2.83. The predicted octanol–water partition coefficient (Wildman–Crippen LogP) is 0.879. The smallest absolute Gasteiger partial charge is 0.276 e. The average molecular weight is 202 g/mol. The molecule has 3 N–H and O–H groups in total. The molecular weight excluding hydrogens is 194 g/mol. The van der Waals surface area contributed by atoms with Crippen LogP contribution in [0.5, 0.6) is 0 Å². The van der Waals surface area contributed by atoms with Crippen molar-refractivity contribution in [3.05, 3.63) is 34.9 Å². The molecule has 0 aromatic heterocycles. The summed E-state index contributed by atoms with van der Waals surface area (Å²) in [6.07, 6.45) is -1.37. The normalized spacial score (nSPS) is 12.2. The summed E-state index contributed by atoms with van der Waals surface area (Å²) in [5.74, 6) is -0.873. The van der Waals surface area contributed by atoms with E-state index in [1.165, 1.54) is 17.6 Å². The Labute approximate surface area is 79.7 Å². The second-order valence-corrected chi connectivity index (χ2v) is 2.87. The molecule has 1 atom stereocenters. The molecule has 1 aromatic rings. The van der Waals surface area contributed by atoms with E-state index in [-0.39, 0.29) is 0 Å². The molecule has 0 spiro atoms. The van der Waals surface area contributed by atoms with Crippen LogP contribution in [0, 0.1) is 0 Å². The lowest BCUT2D eigenvalue weighted by molar-refractivity contribution is -0.138. The topological polar surface area (TPSA) is 69.6 Å². The van der Waals surface area contributed by atoms with E-state index in [2.05, 4.69) is 0 Å². The molecular formula is C8H8ClNO3. The Morgan fingerprint density at radius 1 is 1.38 bits per heavy atom. The summed E-state index contributed by atoms with van der Waals surface area (Å²) in [6, 6.07) is 6.10. The van der Waals surface area contributed by atoms with Crippen molar-refractivity contribution in [3.8, 4) is 0 Å². The van der Waals surface area contributed by atoms with E-state index >= 15 is 0 Å². The third-order valence-corrected chi connectivity index (χ3v) is 1.80. The highest BCUT2D eigenvalue weighted by atomic mass is 35.5. The monoisotopic (exact) mass is 201 g/mol. The van der Waals surface area contributed by atoms with E-state index < -0.39 is 12.0 Å². The van der Waals surface area contributed by atoms with Gasteiger partial charge in [0.2, 0.25) is 0 Å². The molecule has 0 aliphatic heterocycles. The third-order valence-electron chi connectivity index (χ3n) is 1.54. The van der Waals surface area contributed by atoms with Crippen molar-refractivity contribution >= 4 is 17.5 Å². The lowest BCUT2D eigenvalue weighted by Crippen LogP contribution is -2.25. The summed E-state index contributed by atoms with van der Waals surface area (Å²) in [4.78, 5) is 10.8. The van der Waals surface area contributed by atoms with Crippen LogP contribution in [-0.2, 0) is 4.79 Å². The van der Waals surface area contributed by atoms with Gasteiger partial charge in [0.05, 0.1) is 0 Å². The van der Waals surface area contributed by atoms with Gasteiger partial charge in [-0.25, -0.2) is 5.48 Å². The number of benzene rings is 1. The number of rotatable bonds is 2. The van der Waals surface area contributed by atoms with E-state index in [4.69, 9.17) is 16.8 Å². The fourth-order valence-corrected chi connectivity index (χ4v) is 0.984. The molecule has 0 aliphatic rings. The van der Waals surface area contributed by atoms with Gasteiger partial charge in [-0.05, 0) is 17.7 Å². The van der Waals surface area contributed by atoms with E-state index in [9.17, 15) is 9.90 Å². The first kappa shape index (κ1) is 9.98. The molecule has 1 rings (SSSR count). The van der Waals surface area contributed by atoms with E-state index in [1.807, 2.05) is 0 Å². The van der Waals surface area contributed by atoms with E-state index in [0.29, 0.717) is 10.6 Å². The highest BCUT2D eigenvalue weighted by Crippen LogP contribution is 2.16. The maximum atomic E-state index is 10.8. The molecule has 70 valence electrons. The quantitative estimate of drug-likeness (QED) is 0.492. The van der Waals surface area contributed by atoms with Gasteiger partial charge in [0.15, 0.2) is 6.10 Å². The molecule has 0 saturated carbocycles.